The fraction of sp³-hybridized carbons (Fsp3) is 0.333. The highest BCUT2D eigenvalue weighted by Crippen LogP contribution is 2.34. The summed E-state index contributed by atoms with van der Waals surface area (Å²) in [5, 5.41) is 11.3. The lowest BCUT2D eigenvalue weighted by Crippen LogP contribution is -2.57. The zero-order valence-electron chi connectivity index (χ0n) is 30.2. The molecule has 0 unspecified atom stereocenters. The number of benzene rings is 5. The van der Waals surface area contributed by atoms with E-state index in [0.717, 1.165) is 27.8 Å². The molecule has 2 aliphatic rings. The topological polar surface area (TPSA) is 94.1 Å². The highest BCUT2D eigenvalue weighted by atomic mass is 16.8. The molecule has 1 N–H and O–H groups in total. The van der Waals surface area contributed by atoms with E-state index in [9.17, 15) is 5.11 Å². The Labute approximate surface area is 317 Å². The first-order chi connectivity index (χ1) is 26.7. The number of aliphatic hydroxyl groups is 1. The minimum Gasteiger partial charge on any atom is -0.374 e. The standard InChI is InChI=1S/C45H48O9/c46-44-42(50-29-36-22-12-4-13-23-36)41(38(32-52-44)48-27-34-18-8-2-9-19-34)54-45-43(51-30-37-24-14-5-15-25-37)40(49-28-35-20-10-3-11-21-35)39(53-45)31-47-26-33-16-6-1-7-17-33/h1-25,38-46H,26-32H2/t38-,39+,40+,41+,42-,43-,44-,45-/m1/s1. The van der Waals surface area contributed by atoms with Crippen molar-refractivity contribution in [2.24, 2.45) is 0 Å². The molecule has 0 amide bonds. The van der Waals surface area contributed by atoms with Gasteiger partial charge in [-0.3, -0.25) is 0 Å². The van der Waals surface area contributed by atoms with Crippen molar-refractivity contribution in [2.45, 2.75) is 82.2 Å². The lowest BCUT2D eigenvalue weighted by molar-refractivity contribution is -0.317. The Kier molecular flexibility index (Phi) is 14.0. The predicted molar refractivity (Wildman–Crippen MR) is 202 cm³/mol. The summed E-state index contributed by atoms with van der Waals surface area (Å²) in [6.07, 6.45) is -6.29. The van der Waals surface area contributed by atoms with Crippen molar-refractivity contribution in [2.75, 3.05) is 13.2 Å². The minimum absolute atomic E-state index is 0.0870. The summed E-state index contributed by atoms with van der Waals surface area (Å²) in [6, 6.07) is 49.7. The molecule has 0 aromatic heterocycles. The van der Waals surface area contributed by atoms with Gasteiger partial charge in [0.2, 0.25) is 0 Å². The number of ether oxygens (including phenoxy) is 8. The molecule has 0 radical (unpaired) electrons. The quantitative estimate of drug-likeness (QED) is 0.102. The number of rotatable bonds is 18. The third kappa shape index (κ3) is 10.7. The molecule has 9 nitrogen and oxygen atoms in total. The lowest BCUT2D eigenvalue weighted by Gasteiger charge is -2.41. The molecule has 5 aromatic rings. The van der Waals surface area contributed by atoms with Gasteiger partial charge >= 0.3 is 0 Å². The van der Waals surface area contributed by atoms with E-state index in [4.69, 9.17) is 37.9 Å². The summed E-state index contributed by atoms with van der Waals surface area (Å²) >= 11 is 0. The summed E-state index contributed by atoms with van der Waals surface area (Å²) in [5.41, 5.74) is 5.01. The van der Waals surface area contributed by atoms with Gasteiger partial charge in [0.15, 0.2) is 12.6 Å². The highest BCUT2D eigenvalue weighted by molar-refractivity contribution is 5.17. The third-order valence-corrected chi connectivity index (χ3v) is 9.52. The zero-order chi connectivity index (χ0) is 36.8. The van der Waals surface area contributed by atoms with Crippen molar-refractivity contribution in [3.63, 3.8) is 0 Å². The Balaban J connectivity index is 1.16. The Bertz CT molecular complexity index is 1760. The van der Waals surface area contributed by atoms with Crippen LogP contribution >= 0.6 is 0 Å². The fourth-order valence-electron chi connectivity index (χ4n) is 6.65. The Hall–Kier alpha value is -4.26. The average molecular weight is 733 g/mol. The van der Waals surface area contributed by atoms with Crippen LogP contribution in [0.15, 0.2) is 152 Å². The van der Waals surface area contributed by atoms with E-state index in [1.54, 1.807) is 0 Å². The van der Waals surface area contributed by atoms with Gasteiger partial charge in [-0.15, -0.1) is 0 Å². The maximum absolute atomic E-state index is 11.3. The van der Waals surface area contributed by atoms with E-state index >= 15 is 0 Å². The van der Waals surface area contributed by atoms with Crippen LogP contribution < -0.4 is 0 Å². The smallest absolute Gasteiger partial charge is 0.187 e. The zero-order valence-corrected chi connectivity index (χ0v) is 30.2. The third-order valence-electron chi connectivity index (χ3n) is 9.52. The summed E-state index contributed by atoms with van der Waals surface area (Å²) in [5.74, 6) is 0. The number of hydrogen-bond acceptors (Lipinski definition) is 9. The molecule has 0 bridgehead atoms. The van der Waals surface area contributed by atoms with Gasteiger partial charge in [-0.25, -0.2) is 0 Å². The van der Waals surface area contributed by atoms with Crippen LogP contribution in [0, 0.1) is 0 Å². The monoisotopic (exact) mass is 732 g/mol. The van der Waals surface area contributed by atoms with Crippen LogP contribution in [-0.2, 0) is 70.9 Å². The average Bonchev–Trinajstić information content (AvgIpc) is 3.55. The van der Waals surface area contributed by atoms with Gasteiger partial charge in [-0.2, -0.15) is 0 Å². The van der Waals surface area contributed by atoms with Gasteiger partial charge in [-0.05, 0) is 27.8 Å². The Morgan fingerprint density at radius 2 is 0.870 bits per heavy atom. The molecule has 0 saturated carbocycles. The van der Waals surface area contributed by atoms with E-state index < -0.39 is 49.2 Å². The van der Waals surface area contributed by atoms with Crippen LogP contribution in [0.2, 0.25) is 0 Å². The second-order valence-corrected chi connectivity index (χ2v) is 13.5. The first-order valence-corrected chi connectivity index (χ1v) is 18.5. The van der Waals surface area contributed by atoms with Crippen molar-refractivity contribution < 1.29 is 43.0 Å². The molecule has 5 aromatic carbocycles. The summed E-state index contributed by atoms with van der Waals surface area (Å²) < 4.78 is 52.0. The molecule has 8 atom stereocenters. The van der Waals surface area contributed by atoms with Crippen molar-refractivity contribution in [3.05, 3.63) is 179 Å². The first-order valence-electron chi connectivity index (χ1n) is 18.5. The fourth-order valence-corrected chi connectivity index (χ4v) is 6.65. The van der Waals surface area contributed by atoms with Gasteiger partial charge < -0.3 is 43.0 Å². The SMILES string of the molecule is O[C@@H]1OC[C@@H](OCc2ccccc2)[C@H](O[C@H]2O[C@@H](COCc3ccccc3)[C@H](OCc3ccccc3)[C@H]2OCc2ccccc2)[C@H]1OCc1ccccc1. The van der Waals surface area contributed by atoms with Crippen LogP contribution in [0.1, 0.15) is 27.8 Å². The summed E-state index contributed by atoms with van der Waals surface area (Å²) in [7, 11) is 0. The van der Waals surface area contributed by atoms with E-state index in [-0.39, 0.29) is 19.8 Å². The van der Waals surface area contributed by atoms with Crippen LogP contribution in [0.25, 0.3) is 0 Å². The van der Waals surface area contributed by atoms with E-state index in [2.05, 4.69) is 0 Å². The molecular formula is C45H48O9. The Morgan fingerprint density at radius 1 is 0.463 bits per heavy atom. The summed E-state index contributed by atoms with van der Waals surface area (Å²) in [6.45, 7) is 1.91. The number of aliphatic hydroxyl groups excluding tert-OH is 1. The molecule has 2 aliphatic heterocycles. The number of hydrogen-bond donors (Lipinski definition) is 1. The molecule has 2 saturated heterocycles. The minimum atomic E-state index is -1.27. The molecule has 0 spiro atoms. The van der Waals surface area contributed by atoms with Crippen LogP contribution in [0.4, 0.5) is 0 Å². The van der Waals surface area contributed by atoms with Crippen molar-refractivity contribution in [1.82, 2.24) is 0 Å². The maximum Gasteiger partial charge on any atom is 0.187 e. The largest absolute Gasteiger partial charge is 0.374 e. The maximum atomic E-state index is 11.3. The van der Waals surface area contributed by atoms with Gasteiger partial charge in [0, 0.05) is 0 Å². The summed E-state index contributed by atoms with van der Waals surface area (Å²) in [4.78, 5) is 0. The molecule has 7 rings (SSSR count). The molecule has 9 heteroatoms. The van der Waals surface area contributed by atoms with Crippen molar-refractivity contribution >= 4 is 0 Å². The second-order valence-electron chi connectivity index (χ2n) is 13.5. The van der Waals surface area contributed by atoms with Crippen LogP contribution in [-0.4, -0.2) is 67.5 Å². The molecule has 282 valence electrons. The van der Waals surface area contributed by atoms with Gasteiger partial charge in [0.05, 0.1) is 46.2 Å². The van der Waals surface area contributed by atoms with E-state index in [1.165, 1.54) is 0 Å². The van der Waals surface area contributed by atoms with E-state index in [0.29, 0.717) is 26.4 Å². The van der Waals surface area contributed by atoms with Crippen molar-refractivity contribution in [3.8, 4) is 0 Å². The predicted octanol–water partition coefficient (Wildman–Crippen LogP) is 7.00. The molecule has 0 aliphatic carbocycles. The van der Waals surface area contributed by atoms with E-state index in [1.807, 2.05) is 152 Å². The first kappa shape index (κ1) is 38.0. The molecule has 2 fully saturated rings. The van der Waals surface area contributed by atoms with Crippen LogP contribution in [0.5, 0.6) is 0 Å². The molecular weight excluding hydrogens is 684 g/mol. The normalized spacial score (nSPS) is 25.4. The Morgan fingerprint density at radius 3 is 1.35 bits per heavy atom. The second kappa shape index (κ2) is 19.9. The molecule has 2 heterocycles. The van der Waals surface area contributed by atoms with Gasteiger partial charge in [-0.1, -0.05) is 152 Å². The van der Waals surface area contributed by atoms with Gasteiger partial charge in [0.1, 0.15) is 36.6 Å². The van der Waals surface area contributed by atoms with Gasteiger partial charge in [0.25, 0.3) is 0 Å². The van der Waals surface area contributed by atoms with Crippen LogP contribution in [0.3, 0.4) is 0 Å². The van der Waals surface area contributed by atoms with Crippen molar-refractivity contribution in [1.29, 1.82) is 0 Å². The highest BCUT2D eigenvalue weighted by Gasteiger charge is 2.51. The lowest BCUT2D eigenvalue weighted by atomic mass is 10.0. The molecule has 54 heavy (non-hydrogen) atoms.